The first kappa shape index (κ1) is 12.5. The fourth-order valence-electron chi connectivity index (χ4n) is 3.37. The van der Waals surface area contributed by atoms with Crippen molar-refractivity contribution in [3.63, 3.8) is 0 Å². The van der Waals surface area contributed by atoms with Crippen LogP contribution in [0.5, 0.6) is 0 Å². The minimum atomic E-state index is -0.375. The molecule has 0 aliphatic heterocycles. The number of hydrogen-bond acceptors (Lipinski definition) is 5. The quantitative estimate of drug-likeness (QED) is 0.920. The number of aromatic nitrogens is 2. The molecular formula is C15H19N3OS. The minimum absolute atomic E-state index is 0.375. The second-order valence-corrected chi connectivity index (χ2v) is 7.19. The first-order valence-corrected chi connectivity index (χ1v) is 8.31. The van der Waals surface area contributed by atoms with Gasteiger partial charge >= 0.3 is 0 Å². The topological polar surface area (TPSA) is 64.9 Å². The number of thiophene rings is 1. The molecule has 2 N–H and O–H groups in total. The normalized spacial score (nSPS) is 21.1. The molecule has 106 valence electrons. The van der Waals surface area contributed by atoms with Gasteiger partial charge in [-0.2, -0.15) is 4.98 Å². The van der Waals surface area contributed by atoms with Gasteiger partial charge in [0.1, 0.15) is 0 Å². The van der Waals surface area contributed by atoms with Crippen LogP contribution in [-0.2, 0) is 18.4 Å². The summed E-state index contributed by atoms with van der Waals surface area (Å²) in [5.74, 6) is 1.34. The molecule has 2 aromatic rings. The summed E-state index contributed by atoms with van der Waals surface area (Å²) in [6.07, 6.45) is 9.18. The monoisotopic (exact) mass is 289 g/mol. The third kappa shape index (κ3) is 2.00. The molecule has 20 heavy (non-hydrogen) atoms. The van der Waals surface area contributed by atoms with Crippen LogP contribution in [0.3, 0.4) is 0 Å². The highest BCUT2D eigenvalue weighted by Gasteiger charge is 2.34. The van der Waals surface area contributed by atoms with E-state index in [4.69, 9.17) is 10.3 Å². The number of fused-ring (bicyclic) bond motifs is 1. The van der Waals surface area contributed by atoms with Crippen molar-refractivity contribution >= 4 is 11.3 Å². The lowest BCUT2D eigenvalue weighted by Gasteiger charge is -2.29. The zero-order valence-electron chi connectivity index (χ0n) is 11.5. The second kappa shape index (κ2) is 4.67. The van der Waals surface area contributed by atoms with Crippen molar-refractivity contribution in [2.24, 2.45) is 5.73 Å². The largest absolute Gasteiger partial charge is 0.333 e. The van der Waals surface area contributed by atoms with Gasteiger partial charge in [0, 0.05) is 4.88 Å². The number of rotatable bonds is 2. The highest BCUT2D eigenvalue weighted by Crippen LogP contribution is 2.38. The SMILES string of the molecule is NC1(c2noc(-c3cc4c(s3)CCC4)n2)CCCCC1. The van der Waals surface area contributed by atoms with Gasteiger partial charge in [-0.3, -0.25) is 0 Å². The summed E-state index contributed by atoms with van der Waals surface area (Å²) in [5, 5.41) is 4.17. The Hall–Kier alpha value is -1.20. The molecule has 5 heteroatoms. The fourth-order valence-corrected chi connectivity index (χ4v) is 4.54. The zero-order valence-corrected chi connectivity index (χ0v) is 12.3. The lowest BCUT2D eigenvalue weighted by atomic mass is 9.82. The van der Waals surface area contributed by atoms with Crippen molar-refractivity contribution in [1.29, 1.82) is 0 Å². The highest BCUT2D eigenvalue weighted by atomic mass is 32.1. The van der Waals surface area contributed by atoms with Crippen LogP contribution in [0, 0.1) is 0 Å². The third-order valence-corrected chi connectivity index (χ3v) is 5.80. The average Bonchev–Trinajstić information content (AvgIpc) is 3.14. The number of nitrogens with zero attached hydrogens (tertiary/aromatic N) is 2. The molecular weight excluding hydrogens is 270 g/mol. The maximum absolute atomic E-state index is 6.46. The molecule has 2 aliphatic rings. The molecule has 1 fully saturated rings. The molecule has 2 heterocycles. The Morgan fingerprint density at radius 2 is 2.00 bits per heavy atom. The van der Waals surface area contributed by atoms with E-state index in [9.17, 15) is 0 Å². The molecule has 4 rings (SSSR count). The summed E-state index contributed by atoms with van der Waals surface area (Å²) in [6.45, 7) is 0. The lowest BCUT2D eigenvalue weighted by molar-refractivity contribution is 0.275. The first-order valence-electron chi connectivity index (χ1n) is 7.50. The van der Waals surface area contributed by atoms with E-state index in [1.807, 2.05) is 0 Å². The Bertz CT molecular complexity index is 603. The molecule has 0 saturated heterocycles. The van der Waals surface area contributed by atoms with Crippen molar-refractivity contribution in [3.05, 3.63) is 22.3 Å². The smallest absolute Gasteiger partial charge is 0.268 e. The minimum Gasteiger partial charge on any atom is -0.333 e. The van der Waals surface area contributed by atoms with Crippen LogP contribution in [0.1, 0.15) is 54.8 Å². The summed E-state index contributed by atoms with van der Waals surface area (Å²) < 4.78 is 5.48. The second-order valence-electron chi connectivity index (χ2n) is 6.05. The predicted molar refractivity (Wildman–Crippen MR) is 78.6 cm³/mol. The van der Waals surface area contributed by atoms with Crippen LogP contribution >= 0.6 is 11.3 Å². The van der Waals surface area contributed by atoms with Crippen molar-refractivity contribution < 1.29 is 4.52 Å². The van der Waals surface area contributed by atoms with E-state index < -0.39 is 0 Å². The third-order valence-electron chi connectivity index (χ3n) is 4.57. The van der Waals surface area contributed by atoms with E-state index in [1.54, 1.807) is 11.3 Å². The van der Waals surface area contributed by atoms with Gasteiger partial charge in [-0.15, -0.1) is 11.3 Å². The average molecular weight is 289 g/mol. The Labute approximate surface area is 122 Å². The van der Waals surface area contributed by atoms with Crippen molar-refractivity contribution in [3.8, 4) is 10.8 Å². The Morgan fingerprint density at radius 3 is 2.80 bits per heavy atom. The van der Waals surface area contributed by atoms with E-state index in [0.29, 0.717) is 11.7 Å². The van der Waals surface area contributed by atoms with Crippen LogP contribution in [0.15, 0.2) is 10.6 Å². The van der Waals surface area contributed by atoms with Crippen LogP contribution in [0.4, 0.5) is 0 Å². The molecule has 2 aliphatic carbocycles. The van der Waals surface area contributed by atoms with Crippen molar-refractivity contribution in [2.75, 3.05) is 0 Å². The molecule has 2 aromatic heterocycles. The van der Waals surface area contributed by atoms with E-state index in [0.717, 1.165) is 30.6 Å². The molecule has 0 spiro atoms. The van der Waals surface area contributed by atoms with Gasteiger partial charge in [-0.05, 0) is 43.7 Å². The maximum atomic E-state index is 6.46. The van der Waals surface area contributed by atoms with Gasteiger partial charge in [0.25, 0.3) is 5.89 Å². The summed E-state index contributed by atoms with van der Waals surface area (Å²) in [4.78, 5) is 7.19. The Kier molecular flexibility index (Phi) is 2.93. The van der Waals surface area contributed by atoms with Gasteiger partial charge in [-0.25, -0.2) is 0 Å². The van der Waals surface area contributed by atoms with Crippen LogP contribution in [0.25, 0.3) is 10.8 Å². The number of aryl methyl sites for hydroxylation is 2. The molecule has 0 unspecified atom stereocenters. The van der Waals surface area contributed by atoms with E-state index in [2.05, 4.69) is 16.2 Å². The molecule has 0 aromatic carbocycles. The zero-order chi connectivity index (χ0) is 13.6. The van der Waals surface area contributed by atoms with Crippen molar-refractivity contribution in [1.82, 2.24) is 10.1 Å². The fraction of sp³-hybridized carbons (Fsp3) is 0.600. The van der Waals surface area contributed by atoms with Gasteiger partial charge in [-0.1, -0.05) is 24.4 Å². The van der Waals surface area contributed by atoms with E-state index >= 15 is 0 Å². The van der Waals surface area contributed by atoms with Gasteiger partial charge in [0.2, 0.25) is 0 Å². The van der Waals surface area contributed by atoms with Crippen LogP contribution in [-0.4, -0.2) is 10.1 Å². The summed E-state index contributed by atoms with van der Waals surface area (Å²) in [6, 6.07) is 2.22. The standard InChI is InChI=1S/C15H19N3OS/c16-15(7-2-1-3-8-15)14-17-13(19-18-14)12-9-10-5-4-6-11(10)20-12/h9H,1-8,16H2. The summed E-state index contributed by atoms with van der Waals surface area (Å²) in [7, 11) is 0. The predicted octanol–water partition coefficient (Wildman–Crippen LogP) is 3.40. The Balaban J connectivity index is 1.64. The number of hydrogen-bond donors (Lipinski definition) is 1. The highest BCUT2D eigenvalue weighted by molar-refractivity contribution is 7.15. The van der Waals surface area contributed by atoms with Gasteiger partial charge < -0.3 is 10.3 Å². The molecule has 0 atom stereocenters. The first-order chi connectivity index (χ1) is 9.74. The van der Waals surface area contributed by atoms with Crippen LogP contribution in [0.2, 0.25) is 0 Å². The van der Waals surface area contributed by atoms with Gasteiger partial charge in [0.15, 0.2) is 5.82 Å². The summed E-state index contributed by atoms with van der Waals surface area (Å²) >= 11 is 1.80. The molecule has 0 amide bonds. The van der Waals surface area contributed by atoms with Crippen molar-refractivity contribution in [2.45, 2.75) is 56.9 Å². The molecule has 0 bridgehead atoms. The molecule has 1 saturated carbocycles. The van der Waals surface area contributed by atoms with Crippen LogP contribution < -0.4 is 5.73 Å². The Morgan fingerprint density at radius 1 is 1.15 bits per heavy atom. The molecule has 4 nitrogen and oxygen atoms in total. The number of nitrogens with two attached hydrogens (primary N) is 1. The van der Waals surface area contributed by atoms with Gasteiger partial charge in [0.05, 0.1) is 10.4 Å². The lowest BCUT2D eigenvalue weighted by Crippen LogP contribution is -2.39. The maximum Gasteiger partial charge on any atom is 0.268 e. The van der Waals surface area contributed by atoms with E-state index in [1.165, 1.54) is 36.1 Å². The van der Waals surface area contributed by atoms with E-state index in [-0.39, 0.29) is 5.54 Å². The molecule has 0 radical (unpaired) electrons. The summed E-state index contributed by atoms with van der Waals surface area (Å²) in [5.41, 5.74) is 7.55.